The van der Waals surface area contributed by atoms with Crippen LogP contribution in [0.5, 0.6) is 0 Å². The maximum Gasteiger partial charge on any atom is 0.314 e. The van der Waals surface area contributed by atoms with Gasteiger partial charge in [0.05, 0.1) is 0 Å². The number of rotatable bonds is 7. The molecule has 0 aliphatic rings. The highest BCUT2D eigenvalue weighted by Gasteiger charge is 2.21. The molecule has 1 rings (SSSR count). The summed E-state index contributed by atoms with van der Waals surface area (Å²) in [6, 6.07) is 7.97. The summed E-state index contributed by atoms with van der Waals surface area (Å²) in [5.74, 6) is -0.849. The van der Waals surface area contributed by atoms with E-state index in [0.29, 0.717) is 19.5 Å². The molecule has 0 aliphatic heterocycles. The van der Waals surface area contributed by atoms with E-state index < -0.39 is 5.97 Å². The number of carbonyl (C=O) groups is 2. The maximum absolute atomic E-state index is 11.7. The van der Waals surface area contributed by atoms with Crippen molar-refractivity contribution in [1.29, 1.82) is 0 Å². The van der Waals surface area contributed by atoms with Crippen LogP contribution in [0, 0.1) is 6.92 Å². The van der Waals surface area contributed by atoms with E-state index in [4.69, 9.17) is 5.11 Å². The fourth-order valence-electron chi connectivity index (χ4n) is 1.97. The Morgan fingerprint density at radius 2 is 1.95 bits per heavy atom. The van der Waals surface area contributed by atoms with Gasteiger partial charge < -0.3 is 15.7 Å². The van der Waals surface area contributed by atoms with Crippen molar-refractivity contribution in [1.82, 2.24) is 10.6 Å². The van der Waals surface area contributed by atoms with Crippen molar-refractivity contribution in [2.45, 2.75) is 39.0 Å². The Bertz CT molecular complexity index is 498. The number of amides is 2. The molecule has 1 aromatic rings. The topological polar surface area (TPSA) is 78.4 Å². The average molecular weight is 292 g/mol. The minimum Gasteiger partial charge on any atom is -0.481 e. The van der Waals surface area contributed by atoms with Crippen LogP contribution in [-0.2, 0) is 10.2 Å². The predicted molar refractivity (Wildman–Crippen MR) is 82.5 cm³/mol. The second kappa shape index (κ2) is 7.67. The first-order chi connectivity index (χ1) is 9.81. The van der Waals surface area contributed by atoms with Crippen LogP contribution in [0.4, 0.5) is 4.79 Å². The van der Waals surface area contributed by atoms with Crippen LogP contribution in [0.15, 0.2) is 24.3 Å². The summed E-state index contributed by atoms with van der Waals surface area (Å²) >= 11 is 0. The Morgan fingerprint density at radius 3 is 2.57 bits per heavy atom. The second-order valence-corrected chi connectivity index (χ2v) is 5.86. The molecule has 5 heteroatoms. The number of hydrogen-bond acceptors (Lipinski definition) is 2. The van der Waals surface area contributed by atoms with Crippen molar-refractivity contribution in [3.63, 3.8) is 0 Å². The van der Waals surface area contributed by atoms with Crippen LogP contribution in [0.3, 0.4) is 0 Å². The predicted octanol–water partition coefficient (Wildman–Crippen LogP) is 2.44. The number of carboxylic acids is 1. The van der Waals surface area contributed by atoms with Gasteiger partial charge in [-0.1, -0.05) is 43.7 Å². The summed E-state index contributed by atoms with van der Waals surface area (Å²) in [6.45, 7) is 7.07. The number of aliphatic carboxylic acids is 1. The van der Waals surface area contributed by atoms with E-state index in [1.165, 1.54) is 11.1 Å². The Morgan fingerprint density at radius 1 is 1.24 bits per heavy atom. The van der Waals surface area contributed by atoms with Gasteiger partial charge in [-0.05, 0) is 18.9 Å². The van der Waals surface area contributed by atoms with Gasteiger partial charge in [-0.2, -0.15) is 0 Å². The molecule has 0 heterocycles. The standard InChI is InChI=1S/C16H24N2O3/c1-12-6-4-7-13(10-12)16(2,3)11-18-15(21)17-9-5-8-14(19)20/h4,6-7,10H,5,8-9,11H2,1-3H3,(H,19,20)(H2,17,18,21). The summed E-state index contributed by atoms with van der Waals surface area (Å²) in [5.41, 5.74) is 2.21. The second-order valence-electron chi connectivity index (χ2n) is 5.86. The largest absolute Gasteiger partial charge is 0.481 e. The Kier molecular flexibility index (Phi) is 6.21. The Labute approximate surface area is 125 Å². The van der Waals surface area contributed by atoms with Gasteiger partial charge in [0, 0.05) is 24.9 Å². The van der Waals surface area contributed by atoms with Gasteiger partial charge in [-0.25, -0.2) is 4.79 Å². The van der Waals surface area contributed by atoms with Gasteiger partial charge >= 0.3 is 12.0 Å². The highest BCUT2D eigenvalue weighted by molar-refractivity contribution is 5.74. The highest BCUT2D eigenvalue weighted by atomic mass is 16.4. The van der Waals surface area contributed by atoms with Crippen LogP contribution in [-0.4, -0.2) is 30.2 Å². The number of hydrogen-bond donors (Lipinski definition) is 3. The lowest BCUT2D eigenvalue weighted by molar-refractivity contribution is -0.137. The van der Waals surface area contributed by atoms with E-state index in [9.17, 15) is 9.59 Å². The molecule has 2 amide bonds. The van der Waals surface area contributed by atoms with Crippen molar-refractivity contribution < 1.29 is 14.7 Å². The molecule has 0 saturated carbocycles. The van der Waals surface area contributed by atoms with Crippen molar-refractivity contribution in [3.8, 4) is 0 Å². The fraction of sp³-hybridized carbons (Fsp3) is 0.500. The molecule has 0 radical (unpaired) electrons. The summed E-state index contributed by atoms with van der Waals surface area (Å²) < 4.78 is 0. The molecule has 0 atom stereocenters. The molecule has 0 fully saturated rings. The summed E-state index contributed by atoms with van der Waals surface area (Å²) in [6.07, 6.45) is 0.499. The third-order valence-corrected chi connectivity index (χ3v) is 3.34. The van der Waals surface area contributed by atoms with Crippen molar-refractivity contribution in [3.05, 3.63) is 35.4 Å². The molecule has 5 nitrogen and oxygen atoms in total. The normalized spacial score (nSPS) is 11.0. The van der Waals surface area contributed by atoms with Gasteiger partial charge in [-0.15, -0.1) is 0 Å². The summed E-state index contributed by atoms with van der Waals surface area (Å²) in [4.78, 5) is 22.0. The van der Waals surface area contributed by atoms with Gasteiger partial charge in [0.25, 0.3) is 0 Å². The van der Waals surface area contributed by atoms with Crippen LogP contribution in [0.2, 0.25) is 0 Å². The summed E-state index contributed by atoms with van der Waals surface area (Å²) in [7, 11) is 0. The molecular formula is C16H24N2O3. The molecule has 3 N–H and O–H groups in total. The smallest absolute Gasteiger partial charge is 0.314 e. The van der Waals surface area contributed by atoms with E-state index in [1.54, 1.807) is 0 Å². The third kappa shape index (κ3) is 6.29. The van der Waals surface area contributed by atoms with E-state index in [0.717, 1.165) is 0 Å². The first-order valence-electron chi connectivity index (χ1n) is 7.12. The quantitative estimate of drug-likeness (QED) is 0.675. The fourth-order valence-corrected chi connectivity index (χ4v) is 1.97. The number of benzene rings is 1. The molecule has 0 aliphatic carbocycles. The third-order valence-electron chi connectivity index (χ3n) is 3.34. The molecular weight excluding hydrogens is 268 g/mol. The number of nitrogens with one attached hydrogen (secondary N) is 2. The molecule has 0 aromatic heterocycles. The monoisotopic (exact) mass is 292 g/mol. The Hall–Kier alpha value is -2.04. The lowest BCUT2D eigenvalue weighted by Crippen LogP contribution is -2.42. The molecule has 0 saturated heterocycles. The average Bonchev–Trinajstić information content (AvgIpc) is 2.41. The van der Waals surface area contributed by atoms with Crippen LogP contribution < -0.4 is 10.6 Å². The zero-order valence-electron chi connectivity index (χ0n) is 12.9. The lowest BCUT2D eigenvalue weighted by atomic mass is 9.84. The van der Waals surface area contributed by atoms with Gasteiger partial charge in [0.1, 0.15) is 0 Å². The van der Waals surface area contributed by atoms with Gasteiger partial charge in [-0.3, -0.25) is 4.79 Å². The SMILES string of the molecule is Cc1cccc(C(C)(C)CNC(=O)NCCCC(=O)O)c1. The zero-order chi connectivity index (χ0) is 15.9. The highest BCUT2D eigenvalue weighted by Crippen LogP contribution is 2.22. The molecule has 0 bridgehead atoms. The Balaban J connectivity index is 2.39. The van der Waals surface area contributed by atoms with Crippen molar-refractivity contribution in [2.75, 3.05) is 13.1 Å². The molecule has 1 aromatic carbocycles. The maximum atomic E-state index is 11.7. The summed E-state index contributed by atoms with van der Waals surface area (Å²) in [5, 5.41) is 14.0. The number of carbonyl (C=O) groups excluding carboxylic acids is 1. The minimum atomic E-state index is -0.849. The van der Waals surface area contributed by atoms with E-state index >= 15 is 0 Å². The van der Waals surface area contributed by atoms with Crippen LogP contribution in [0.1, 0.15) is 37.8 Å². The first-order valence-corrected chi connectivity index (χ1v) is 7.12. The van der Waals surface area contributed by atoms with Crippen molar-refractivity contribution in [2.24, 2.45) is 0 Å². The van der Waals surface area contributed by atoms with Crippen LogP contribution in [0.25, 0.3) is 0 Å². The van der Waals surface area contributed by atoms with Gasteiger partial charge in [0.2, 0.25) is 0 Å². The van der Waals surface area contributed by atoms with E-state index in [2.05, 4.69) is 36.6 Å². The van der Waals surface area contributed by atoms with Crippen LogP contribution >= 0.6 is 0 Å². The van der Waals surface area contributed by atoms with Crippen molar-refractivity contribution >= 4 is 12.0 Å². The number of aryl methyl sites for hydroxylation is 1. The van der Waals surface area contributed by atoms with Gasteiger partial charge in [0.15, 0.2) is 0 Å². The van der Waals surface area contributed by atoms with E-state index in [-0.39, 0.29) is 17.9 Å². The molecule has 0 unspecified atom stereocenters. The zero-order valence-corrected chi connectivity index (χ0v) is 12.9. The van der Waals surface area contributed by atoms with E-state index in [1.807, 2.05) is 19.1 Å². The minimum absolute atomic E-state index is 0.0645. The molecule has 0 spiro atoms. The lowest BCUT2D eigenvalue weighted by Gasteiger charge is -2.26. The molecule has 21 heavy (non-hydrogen) atoms. The number of carboxylic acid groups (broad SMARTS) is 1. The first kappa shape index (κ1) is 17.0. The number of urea groups is 1. The molecule has 116 valence electrons.